The maximum Gasteiger partial charge on any atom is 0.146 e. The molecule has 0 saturated heterocycles. The molecule has 0 aliphatic heterocycles. The highest BCUT2D eigenvalue weighted by Crippen LogP contribution is 2.18. The number of nitrogens with zero attached hydrogens (tertiary/aromatic N) is 1. The molecule has 1 aromatic carbocycles. The van der Waals surface area contributed by atoms with Gasteiger partial charge < -0.3 is 9.84 Å². The molecule has 0 bridgehead atoms. The zero-order chi connectivity index (χ0) is 12.7. The third-order valence-corrected chi connectivity index (χ3v) is 2.62. The van der Waals surface area contributed by atoms with E-state index in [0.717, 1.165) is 0 Å². The molecule has 0 aromatic heterocycles. The quantitative estimate of drug-likeness (QED) is 0.762. The maximum absolute atomic E-state index is 13.6. The van der Waals surface area contributed by atoms with Gasteiger partial charge in [-0.3, -0.25) is 4.90 Å². The molecule has 0 aliphatic rings. The second-order valence-electron chi connectivity index (χ2n) is 3.79. The van der Waals surface area contributed by atoms with Gasteiger partial charge in [-0.05, 0) is 13.1 Å². The van der Waals surface area contributed by atoms with Gasteiger partial charge in [0, 0.05) is 18.7 Å². The lowest BCUT2D eigenvalue weighted by Gasteiger charge is -2.17. The predicted molar refractivity (Wildman–Crippen MR) is 65.6 cm³/mol. The van der Waals surface area contributed by atoms with Crippen molar-refractivity contribution in [3.8, 4) is 0 Å². The van der Waals surface area contributed by atoms with Crippen molar-refractivity contribution in [2.75, 3.05) is 33.4 Å². The Morgan fingerprint density at radius 3 is 2.88 bits per heavy atom. The second kappa shape index (κ2) is 7.61. The number of ether oxygens (including phenoxy) is 1. The summed E-state index contributed by atoms with van der Waals surface area (Å²) < 4.78 is 18.7. The molecule has 3 nitrogen and oxygen atoms in total. The number of aliphatic hydroxyl groups is 1. The van der Waals surface area contributed by atoms with E-state index in [1.54, 1.807) is 12.1 Å². The lowest BCUT2D eigenvalue weighted by Crippen LogP contribution is -2.23. The van der Waals surface area contributed by atoms with E-state index in [9.17, 15) is 4.39 Å². The first-order valence-corrected chi connectivity index (χ1v) is 5.83. The summed E-state index contributed by atoms with van der Waals surface area (Å²) in [5.74, 6) is -0.364. The van der Waals surface area contributed by atoms with Crippen LogP contribution in [0.2, 0.25) is 5.02 Å². The van der Waals surface area contributed by atoms with Crippen LogP contribution in [0.5, 0.6) is 0 Å². The van der Waals surface area contributed by atoms with Crippen LogP contribution in [0, 0.1) is 5.82 Å². The highest BCUT2D eigenvalue weighted by molar-refractivity contribution is 6.30. The van der Waals surface area contributed by atoms with Gasteiger partial charge in [0.15, 0.2) is 0 Å². The van der Waals surface area contributed by atoms with Crippen LogP contribution in [0.25, 0.3) is 0 Å². The van der Waals surface area contributed by atoms with Crippen molar-refractivity contribution < 1.29 is 14.2 Å². The standard InChI is InChI=1S/C12H17ClFNO2/c1-15(5-7-17-8-6-16)9-10-3-2-4-11(13)12(10)14/h2-4,16H,5-9H2,1H3. The van der Waals surface area contributed by atoms with Gasteiger partial charge in [0.2, 0.25) is 0 Å². The van der Waals surface area contributed by atoms with Crippen LogP contribution in [-0.2, 0) is 11.3 Å². The minimum absolute atomic E-state index is 0.0205. The number of rotatable bonds is 7. The minimum atomic E-state index is -0.364. The van der Waals surface area contributed by atoms with E-state index in [1.165, 1.54) is 6.07 Å². The van der Waals surface area contributed by atoms with Crippen LogP contribution in [0.1, 0.15) is 5.56 Å². The van der Waals surface area contributed by atoms with E-state index in [-0.39, 0.29) is 17.4 Å². The zero-order valence-electron chi connectivity index (χ0n) is 9.83. The molecule has 0 amide bonds. The first-order valence-electron chi connectivity index (χ1n) is 5.45. The fraction of sp³-hybridized carbons (Fsp3) is 0.500. The zero-order valence-corrected chi connectivity index (χ0v) is 10.6. The number of aliphatic hydroxyl groups excluding tert-OH is 1. The lowest BCUT2D eigenvalue weighted by molar-refractivity contribution is 0.0771. The van der Waals surface area contributed by atoms with E-state index in [0.29, 0.717) is 31.9 Å². The average Bonchev–Trinajstić information content (AvgIpc) is 2.31. The summed E-state index contributed by atoms with van der Waals surface area (Å²) in [7, 11) is 1.88. The number of halogens is 2. The Labute approximate surface area is 106 Å². The van der Waals surface area contributed by atoms with Gasteiger partial charge in [0.1, 0.15) is 5.82 Å². The Balaban J connectivity index is 2.39. The van der Waals surface area contributed by atoms with Crippen molar-refractivity contribution in [1.29, 1.82) is 0 Å². The summed E-state index contributed by atoms with van der Waals surface area (Å²) in [6, 6.07) is 4.98. The fourth-order valence-electron chi connectivity index (χ4n) is 1.43. The summed E-state index contributed by atoms with van der Waals surface area (Å²) in [6.45, 7) is 2.02. The summed E-state index contributed by atoms with van der Waals surface area (Å²) in [5, 5.41) is 8.68. The molecule has 5 heteroatoms. The molecule has 0 radical (unpaired) electrons. The van der Waals surface area contributed by atoms with Crippen molar-refractivity contribution in [3.63, 3.8) is 0 Å². The fourth-order valence-corrected chi connectivity index (χ4v) is 1.62. The van der Waals surface area contributed by atoms with Gasteiger partial charge >= 0.3 is 0 Å². The van der Waals surface area contributed by atoms with Crippen LogP contribution in [0.15, 0.2) is 18.2 Å². The minimum Gasteiger partial charge on any atom is -0.394 e. The first kappa shape index (κ1) is 14.4. The highest BCUT2D eigenvalue weighted by atomic mass is 35.5. The molecule has 0 aliphatic carbocycles. The smallest absolute Gasteiger partial charge is 0.146 e. The van der Waals surface area contributed by atoms with Crippen LogP contribution < -0.4 is 0 Å². The Hall–Kier alpha value is -0.680. The van der Waals surface area contributed by atoms with Crippen molar-refractivity contribution in [2.24, 2.45) is 0 Å². The molecule has 1 rings (SSSR count). The third-order valence-electron chi connectivity index (χ3n) is 2.32. The SMILES string of the molecule is CN(CCOCCO)Cc1cccc(Cl)c1F. The first-order chi connectivity index (χ1) is 8.15. The molecule has 1 N–H and O–H groups in total. The van der Waals surface area contributed by atoms with Crippen LogP contribution in [0.3, 0.4) is 0 Å². The molecule has 0 spiro atoms. The van der Waals surface area contributed by atoms with Gasteiger partial charge in [-0.2, -0.15) is 0 Å². The molecule has 96 valence electrons. The summed E-state index contributed by atoms with van der Waals surface area (Å²) >= 11 is 5.70. The number of hydrogen-bond acceptors (Lipinski definition) is 3. The van der Waals surface area contributed by atoms with E-state index in [4.69, 9.17) is 21.4 Å². The van der Waals surface area contributed by atoms with E-state index in [1.807, 2.05) is 11.9 Å². The molecule has 0 fully saturated rings. The maximum atomic E-state index is 13.6. The number of hydrogen-bond donors (Lipinski definition) is 1. The Bertz CT molecular complexity index is 349. The monoisotopic (exact) mass is 261 g/mol. The van der Waals surface area contributed by atoms with Gasteiger partial charge in [-0.1, -0.05) is 23.7 Å². The van der Waals surface area contributed by atoms with E-state index in [2.05, 4.69) is 0 Å². The molecule has 0 atom stereocenters. The van der Waals surface area contributed by atoms with Gasteiger partial charge in [0.25, 0.3) is 0 Å². The normalized spacial score (nSPS) is 11.1. The molecule has 0 heterocycles. The molecule has 0 saturated carbocycles. The largest absolute Gasteiger partial charge is 0.394 e. The van der Waals surface area contributed by atoms with E-state index >= 15 is 0 Å². The van der Waals surface area contributed by atoms with Crippen LogP contribution in [0.4, 0.5) is 4.39 Å². The Morgan fingerprint density at radius 2 is 2.18 bits per heavy atom. The summed E-state index contributed by atoms with van der Waals surface area (Å²) in [6.07, 6.45) is 0. The van der Waals surface area contributed by atoms with Gasteiger partial charge in [0.05, 0.1) is 24.8 Å². The average molecular weight is 262 g/mol. The number of benzene rings is 1. The predicted octanol–water partition coefficient (Wildman–Crippen LogP) is 1.92. The molecular formula is C12H17ClFNO2. The lowest BCUT2D eigenvalue weighted by atomic mass is 10.2. The van der Waals surface area contributed by atoms with Crippen molar-refractivity contribution in [2.45, 2.75) is 6.54 Å². The second-order valence-corrected chi connectivity index (χ2v) is 4.19. The summed E-state index contributed by atoms with van der Waals surface area (Å²) in [5.41, 5.74) is 0.571. The molecule has 17 heavy (non-hydrogen) atoms. The van der Waals surface area contributed by atoms with Crippen molar-refractivity contribution in [3.05, 3.63) is 34.6 Å². The van der Waals surface area contributed by atoms with E-state index < -0.39 is 0 Å². The summed E-state index contributed by atoms with van der Waals surface area (Å²) in [4.78, 5) is 1.94. The molecular weight excluding hydrogens is 245 g/mol. The van der Waals surface area contributed by atoms with Crippen LogP contribution in [-0.4, -0.2) is 43.4 Å². The molecule has 0 unspecified atom stereocenters. The Kier molecular flexibility index (Phi) is 6.44. The van der Waals surface area contributed by atoms with Crippen molar-refractivity contribution >= 4 is 11.6 Å². The topological polar surface area (TPSA) is 32.7 Å². The Morgan fingerprint density at radius 1 is 1.41 bits per heavy atom. The number of likely N-dealkylation sites (N-methyl/N-ethyl adjacent to an activating group) is 1. The van der Waals surface area contributed by atoms with Gasteiger partial charge in [-0.25, -0.2) is 4.39 Å². The highest BCUT2D eigenvalue weighted by Gasteiger charge is 2.08. The van der Waals surface area contributed by atoms with Gasteiger partial charge in [-0.15, -0.1) is 0 Å². The van der Waals surface area contributed by atoms with Crippen molar-refractivity contribution in [1.82, 2.24) is 4.90 Å². The third kappa shape index (κ3) is 5.00. The molecule has 1 aromatic rings. The van der Waals surface area contributed by atoms with Crippen LogP contribution >= 0.6 is 11.6 Å².